The van der Waals surface area contributed by atoms with Gasteiger partial charge in [0.15, 0.2) is 0 Å². The molecular weight excluding hydrogens is 226 g/mol. The highest BCUT2D eigenvalue weighted by Gasteiger charge is 2.07. The molecule has 18 heavy (non-hydrogen) atoms. The van der Waals surface area contributed by atoms with Crippen LogP contribution in [0.15, 0.2) is 48.8 Å². The van der Waals surface area contributed by atoms with Crippen LogP contribution in [0.2, 0.25) is 0 Å². The van der Waals surface area contributed by atoms with Crippen molar-refractivity contribution in [2.24, 2.45) is 5.84 Å². The van der Waals surface area contributed by atoms with Gasteiger partial charge in [0, 0.05) is 18.0 Å². The topological polar surface area (TPSA) is 76.7 Å². The molecule has 0 aliphatic rings. The van der Waals surface area contributed by atoms with Crippen LogP contribution >= 0.6 is 0 Å². The van der Waals surface area contributed by atoms with E-state index in [-0.39, 0.29) is 0 Å². The number of nitrogens with one attached hydrogen (secondary N) is 1. The summed E-state index contributed by atoms with van der Waals surface area (Å²) in [5, 5.41) is 0. The number of nitrogens with two attached hydrogens (primary N) is 1. The normalized spacial score (nSPS) is 10.5. The average Bonchev–Trinajstić information content (AvgIpc) is 2.47. The van der Waals surface area contributed by atoms with Crippen molar-refractivity contribution in [3.05, 3.63) is 48.8 Å². The van der Waals surface area contributed by atoms with E-state index < -0.39 is 0 Å². The minimum atomic E-state index is 0.604. The molecule has 3 aromatic rings. The SMILES string of the molecule is NNc1ccc2nccc(-c3ccccn3)c2n1. The van der Waals surface area contributed by atoms with Gasteiger partial charge < -0.3 is 5.43 Å². The second-order valence-electron chi connectivity index (χ2n) is 3.78. The molecule has 0 spiro atoms. The fourth-order valence-corrected chi connectivity index (χ4v) is 1.83. The molecule has 0 aliphatic heterocycles. The molecule has 5 heteroatoms. The van der Waals surface area contributed by atoms with Crippen LogP contribution < -0.4 is 11.3 Å². The largest absolute Gasteiger partial charge is 0.308 e. The molecule has 88 valence electrons. The number of hydrazine groups is 1. The highest BCUT2D eigenvalue weighted by Crippen LogP contribution is 2.24. The van der Waals surface area contributed by atoms with Gasteiger partial charge in [0.2, 0.25) is 0 Å². The number of fused-ring (bicyclic) bond motifs is 1. The zero-order valence-electron chi connectivity index (χ0n) is 9.54. The van der Waals surface area contributed by atoms with Crippen molar-refractivity contribution in [2.75, 3.05) is 5.43 Å². The highest BCUT2D eigenvalue weighted by molar-refractivity contribution is 5.90. The lowest BCUT2D eigenvalue weighted by Gasteiger charge is -2.06. The molecule has 0 amide bonds. The summed E-state index contributed by atoms with van der Waals surface area (Å²) < 4.78 is 0. The maximum Gasteiger partial charge on any atom is 0.140 e. The van der Waals surface area contributed by atoms with Crippen LogP contribution in [-0.4, -0.2) is 15.0 Å². The van der Waals surface area contributed by atoms with Crippen molar-refractivity contribution < 1.29 is 0 Å². The van der Waals surface area contributed by atoms with Gasteiger partial charge in [0.05, 0.1) is 11.2 Å². The summed E-state index contributed by atoms with van der Waals surface area (Å²) in [7, 11) is 0. The maximum atomic E-state index is 5.38. The summed E-state index contributed by atoms with van der Waals surface area (Å²) in [6, 6.07) is 11.3. The Morgan fingerprint density at radius 3 is 2.67 bits per heavy atom. The molecule has 0 atom stereocenters. The first kappa shape index (κ1) is 10.6. The number of hydrogen-bond acceptors (Lipinski definition) is 5. The maximum absolute atomic E-state index is 5.38. The number of pyridine rings is 3. The van der Waals surface area contributed by atoms with E-state index in [9.17, 15) is 0 Å². The standard InChI is InChI=1S/C13H11N5/c14-18-12-5-4-11-13(17-12)9(6-8-16-11)10-3-1-2-7-15-10/h1-8H,14H2,(H,17,18). The van der Waals surface area contributed by atoms with Crippen LogP contribution in [-0.2, 0) is 0 Å². The van der Waals surface area contributed by atoms with Crippen LogP contribution in [0.1, 0.15) is 0 Å². The van der Waals surface area contributed by atoms with E-state index >= 15 is 0 Å². The smallest absolute Gasteiger partial charge is 0.140 e. The van der Waals surface area contributed by atoms with Gasteiger partial charge in [0.25, 0.3) is 0 Å². The molecule has 0 saturated heterocycles. The van der Waals surface area contributed by atoms with Crippen LogP contribution in [0.25, 0.3) is 22.3 Å². The Morgan fingerprint density at radius 2 is 1.89 bits per heavy atom. The van der Waals surface area contributed by atoms with E-state index in [1.54, 1.807) is 18.5 Å². The van der Waals surface area contributed by atoms with Crippen molar-refractivity contribution in [3.8, 4) is 11.3 Å². The Labute approximate surface area is 104 Å². The lowest BCUT2D eigenvalue weighted by molar-refractivity contribution is 1.24. The third-order valence-electron chi connectivity index (χ3n) is 2.67. The Bertz CT molecular complexity index is 681. The van der Waals surface area contributed by atoms with Gasteiger partial charge in [-0.1, -0.05) is 6.07 Å². The Kier molecular flexibility index (Phi) is 2.59. The van der Waals surface area contributed by atoms with Gasteiger partial charge in [0.1, 0.15) is 11.3 Å². The molecule has 3 rings (SSSR count). The third-order valence-corrected chi connectivity index (χ3v) is 2.67. The summed E-state index contributed by atoms with van der Waals surface area (Å²) >= 11 is 0. The number of nitrogen functional groups attached to an aromatic ring is 1. The fourth-order valence-electron chi connectivity index (χ4n) is 1.83. The van der Waals surface area contributed by atoms with Gasteiger partial charge in [-0.25, -0.2) is 10.8 Å². The number of rotatable bonds is 2. The second kappa shape index (κ2) is 4.38. The van der Waals surface area contributed by atoms with Crippen molar-refractivity contribution >= 4 is 16.9 Å². The second-order valence-corrected chi connectivity index (χ2v) is 3.78. The van der Waals surface area contributed by atoms with Gasteiger partial charge in [-0.2, -0.15) is 0 Å². The Balaban J connectivity index is 2.29. The molecule has 0 saturated carbocycles. The minimum Gasteiger partial charge on any atom is -0.308 e. The van der Waals surface area contributed by atoms with Gasteiger partial charge in [-0.15, -0.1) is 0 Å². The summed E-state index contributed by atoms with van der Waals surface area (Å²) in [6.45, 7) is 0. The number of nitrogens with zero attached hydrogens (tertiary/aromatic N) is 3. The van der Waals surface area contributed by atoms with Crippen LogP contribution in [0.5, 0.6) is 0 Å². The monoisotopic (exact) mass is 237 g/mol. The van der Waals surface area contributed by atoms with Crippen molar-refractivity contribution in [1.29, 1.82) is 0 Å². The summed E-state index contributed by atoms with van der Waals surface area (Å²) in [6.07, 6.45) is 3.51. The van der Waals surface area contributed by atoms with E-state index in [1.165, 1.54) is 0 Å². The van der Waals surface area contributed by atoms with Gasteiger partial charge in [-0.05, 0) is 30.3 Å². The zero-order chi connectivity index (χ0) is 12.4. The number of aromatic nitrogens is 3. The fraction of sp³-hybridized carbons (Fsp3) is 0. The molecular formula is C13H11N5. The van der Waals surface area contributed by atoms with E-state index in [1.807, 2.05) is 30.3 Å². The Hall–Kier alpha value is -2.53. The molecule has 3 heterocycles. The number of hydrogen-bond donors (Lipinski definition) is 2. The van der Waals surface area contributed by atoms with Crippen molar-refractivity contribution in [3.63, 3.8) is 0 Å². The third kappa shape index (κ3) is 1.76. The quantitative estimate of drug-likeness (QED) is 0.526. The predicted molar refractivity (Wildman–Crippen MR) is 70.6 cm³/mol. The van der Waals surface area contributed by atoms with E-state index in [0.29, 0.717) is 5.82 Å². The molecule has 3 N–H and O–H groups in total. The van der Waals surface area contributed by atoms with Gasteiger partial charge >= 0.3 is 0 Å². The minimum absolute atomic E-state index is 0.604. The summed E-state index contributed by atoms with van der Waals surface area (Å²) in [5.74, 6) is 5.99. The molecule has 3 aromatic heterocycles. The van der Waals surface area contributed by atoms with Crippen LogP contribution in [0.4, 0.5) is 5.82 Å². The first-order valence-electron chi connectivity index (χ1n) is 5.52. The first-order valence-corrected chi connectivity index (χ1v) is 5.52. The summed E-state index contributed by atoms with van der Waals surface area (Å²) in [4.78, 5) is 13.1. The van der Waals surface area contributed by atoms with Crippen LogP contribution in [0, 0.1) is 0 Å². The highest BCUT2D eigenvalue weighted by atomic mass is 15.2. The Morgan fingerprint density at radius 1 is 0.944 bits per heavy atom. The molecule has 0 bridgehead atoms. The van der Waals surface area contributed by atoms with Crippen molar-refractivity contribution in [1.82, 2.24) is 15.0 Å². The predicted octanol–water partition coefficient (Wildman–Crippen LogP) is 1.98. The lowest BCUT2D eigenvalue weighted by Crippen LogP contribution is -2.08. The lowest BCUT2D eigenvalue weighted by atomic mass is 10.1. The first-order chi connectivity index (χ1) is 8.88. The van der Waals surface area contributed by atoms with E-state index in [0.717, 1.165) is 22.3 Å². The molecule has 0 aromatic carbocycles. The zero-order valence-corrected chi connectivity index (χ0v) is 9.54. The molecule has 0 fully saturated rings. The summed E-state index contributed by atoms with van der Waals surface area (Å²) in [5.41, 5.74) is 5.95. The molecule has 5 nitrogen and oxygen atoms in total. The van der Waals surface area contributed by atoms with Crippen molar-refractivity contribution in [2.45, 2.75) is 0 Å². The van der Waals surface area contributed by atoms with Crippen LogP contribution in [0.3, 0.4) is 0 Å². The molecule has 0 aliphatic carbocycles. The average molecular weight is 237 g/mol. The van der Waals surface area contributed by atoms with E-state index in [2.05, 4.69) is 20.4 Å². The number of anilines is 1. The molecule has 0 unspecified atom stereocenters. The van der Waals surface area contributed by atoms with Gasteiger partial charge in [-0.3, -0.25) is 9.97 Å². The van der Waals surface area contributed by atoms with E-state index in [4.69, 9.17) is 5.84 Å². The molecule has 0 radical (unpaired) electrons.